The fourth-order valence-electron chi connectivity index (χ4n) is 1.77. The van der Waals surface area contributed by atoms with Crippen molar-refractivity contribution in [2.75, 3.05) is 0 Å². The Morgan fingerprint density at radius 2 is 2.33 bits per heavy atom. The van der Waals surface area contributed by atoms with E-state index in [4.69, 9.17) is 11.0 Å². The molecule has 0 bridgehead atoms. The van der Waals surface area contributed by atoms with Crippen LogP contribution in [0.3, 0.4) is 0 Å². The average Bonchev–Trinajstić information content (AvgIpc) is 2.89. The van der Waals surface area contributed by atoms with Gasteiger partial charge in [-0.15, -0.1) is 11.3 Å². The van der Waals surface area contributed by atoms with E-state index in [1.807, 2.05) is 23.6 Å². The minimum atomic E-state index is 0.0212. The Kier molecular flexibility index (Phi) is 4.08. The van der Waals surface area contributed by atoms with Gasteiger partial charge in [0, 0.05) is 10.9 Å². The van der Waals surface area contributed by atoms with Gasteiger partial charge in [-0.2, -0.15) is 5.26 Å². The van der Waals surface area contributed by atoms with Crippen LogP contribution >= 0.6 is 11.3 Å². The highest BCUT2D eigenvalue weighted by Crippen LogP contribution is 2.26. The second-order valence-electron chi connectivity index (χ2n) is 4.16. The van der Waals surface area contributed by atoms with E-state index >= 15 is 0 Å². The van der Waals surface area contributed by atoms with Gasteiger partial charge in [-0.1, -0.05) is 25.5 Å². The molecule has 1 atom stereocenters. The Morgan fingerprint density at radius 3 is 3.06 bits per heavy atom. The molecule has 0 spiro atoms. The summed E-state index contributed by atoms with van der Waals surface area (Å²) >= 11 is 1.59. The van der Waals surface area contributed by atoms with Gasteiger partial charge in [-0.05, 0) is 18.6 Å². The molecule has 1 heterocycles. The molecule has 2 aromatic rings. The first-order valence-corrected chi connectivity index (χ1v) is 6.84. The van der Waals surface area contributed by atoms with Crippen LogP contribution in [0.2, 0.25) is 0 Å². The topological polar surface area (TPSA) is 62.7 Å². The first-order chi connectivity index (χ1) is 8.74. The van der Waals surface area contributed by atoms with Crippen molar-refractivity contribution in [3.05, 3.63) is 40.2 Å². The molecule has 0 radical (unpaired) electrons. The van der Waals surface area contributed by atoms with Crippen LogP contribution in [0.4, 0.5) is 0 Å². The van der Waals surface area contributed by atoms with Crippen LogP contribution < -0.4 is 5.73 Å². The summed E-state index contributed by atoms with van der Waals surface area (Å²) in [6.07, 6.45) is 2.01. The summed E-state index contributed by atoms with van der Waals surface area (Å²) in [5, 5.41) is 11.9. The maximum atomic E-state index is 8.88. The normalized spacial score (nSPS) is 12.1. The molecule has 1 unspecified atom stereocenters. The minimum absolute atomic E-state index is 0.0212. The number of nitrogens with two attached hydrogens (primary N) is 1. The van der Waals surface area contributed by atoms with Gasteiger partial charge in [0.25, 0.3) is 0 Å². The molecule has 2 rings (SSSR count). The Labute approximate surface area is 111 Å². The van der Waals surface area contributed by atoms with Gasteiger partial charge in [-0.3, -0.25) is 0 Å². The van der Waals surface area contributed by atoms with Gasteiger partial charge in [0.2, 0.25) is 0 Å². The van der Waals surface area contributed by atoms with Gasteiger partial charge in [-0.25, -0.2) is 4.98 Å². The molecule has 0 saturated heterocycles. The zero-order valence-electron chi connectivity index (χ0n) is 10.3. The molecule has 1 aromatic heterocycles. The highest BCUT2D eigenvalue weighted by Gasteiger charge is 2.11. The molecule has 0 amide bonds. The average molecular weight is 257 g/mol. The molecule has 0 saturated carbocycles. The summed E-state index contributed by atoms with van der Waals surface area (Å²) in [5.74, 6) is 0. The molecular formula is C14H15N3S. The molecule has 92 valence electrons. The minimum Gasteiger partial charge on any atom is -0.322 e. The Bertz CT molecular complexity index is 568. The third-order valence-corrected chi connectivity index (χ3v) is 3.70. The lowest BCUT2D eigenvalue weighted by molar-refractivity contribution is 0.635. The van der Waals surface area contributed by atoms with E-state index in [0.29, 0.717) is 5.56 Å². The number of aromatic nitrogens is 1. The van der Waals surface area contributed by atoms with E-state index < -0.39 is 0 Å². The lowest BCUT2D eigenvalue weighted by Crippen LogP contribution is -2.09. The molecule has 2 N–H and O–H groups in total. The summed E-state index contributed by atoms with van der Waals surface area (Å²) in [4.78, 5) is 4.56. The van der Waals surface area contributed by atoms with Crippen LogP contribution in [0.1, 0.15) is 36.4 Å². The summed E-state index contributed by atoms with van der Waals surface area (Å²) < 4.78 is 0. The molecule has 0 aliphatic carbocycles. The van der Waals surface area contributed by atoms with Gasteiger partial charge in [0.05, 0.1) is 23.4 Å². The van der Waals surface area contributed by atoms with Crippen molar-refractivity contribution in [2.24, 2.45) is 5.73 Å². The summed E-state index contributed by atoms with van der Waals surface area (Å²) in [6, 6.07) is 9.64. The second kappa shape index (κ2) is 5.76. The zero-order chi connectivity index (χ0) is 13.0. The van der Waals surface area contributed by atoms with Crippen molar-refractivity contribution in [1.82, 2.24) is 4.98 Å². The number of rotatable bonds is 4. The quantitative estimate of drug-likeness (QED) is 0.912. The standard InChI is InChI=1S/C14H15N3S/c1-2-4-12(16)14-17-13(9-18-14)11-6-3-5-10(7-11)8-15/h3,5-7,9,12H,2,4,16H2,1H3. The van der Waals surface area contributed by atoms with E-state index in [2.05, 4.69) is 18.0 Å². The van der Waals surface area contributed by atoms with Crippen molar-refractivity contribution >= 4 is 11.3 Å². The van der Waals surface area contributed by atoms with Crippen LogP contribution in [0.25, 0.3) is 11.3 Å². The highest BCUT2D eigenvalue weighted by atomic mass is 32.1. The molecule has 18 heavy (non-hydrogen) atoms. The predicted molar refractivity (Wildman–Crippen MR) is 74.1 cm³/mol. The smallest absolute Gasteiger partial charge is 0.110 e. The van der Waals surface area contributed by atoms with Crippen molar-refractivity contribution in [3.63, 3.8) is 0 Å². The number of nitriles is 1. The molecule has 4 heteroatoms. The summed E-state index contributed by atoms with van der Waals surface area (Å²) in [7, 11) is 0. The van der Waals surface area contributed by atoms with Crippen LogP contribution in [-0.4, -0.2) is 4.98 Å². The SMILES string of the molecule is CCCC(N)c1nc(-c2cccc(C#N)c2)cs1. The van der Waals surface area contributed by atoms with Gasteiger partial charge in [0.15, 0.2) is 0 Å². The van der Waals surface area contributed by atoms with Crippen LogP contribution in [0.5, 0.6) is 0 Å². The first kappa shape index (κ1) is 12.7. The lowest BCUT2D eigenvalue weighted by Gasteiger charge is -2.05. The molecule has 3 nitrogen and oxygen atoms in total. The van der Waals surface area contributed by atoms with Crippen molar-refractivity contribution in [2.45, 2.75) is 25.8 Å². The molecule has 0 fully saturated rings. The van der Waals surface area contributed by atoms with Crippen molar-refractivity contribution in [3.8, 4) is 17.3 Å². The molecule has 0 aliphatic rings. The van der Waals surface area contributed by atoms with Crippen LogP contribution in [0, 0.1) is 11.3 Å². The van der Waals surface area contributed by atoms with E-state index in [9.17, 15) is 0 Å². The van der Waals surface area contributed by atoms with E-state index in [0.717, 1.165) is 29.1 Å². The fourth-order valence-corrected chi connectivity index (χ4v) is 2.64. The summed E-state index contributed by atoms with van der Waals surface area (Å²) in [5.41, 5.74) is 8.58. The fraction of sp³-hybridized carbons (Fsp3) is 0.286. The van der Waals surface area contributed by atoms with Crippen molar-refractivity contribution in [1.29, 1.82) is 5.26 Å². The third-order valence-electron chi connectivity index (χ3n) is 2.73. The maximum Gasteiger partial charge on any atom is 0.110 e. The molecule has 1 aromatic carbocycles. The van der Waals surface area contributed by atoms with Crippen LogP contribution in [-0.2, 0) is 0 Å². The monoisotopic (exact) mass is 257 g/mol. The Hall–Kier alpha value is -1.70. The third kappa shape index (κ3) is 2.76. The summed E-state index contributed by atoms with van der Waals surface area (Å²) in [6.45, 7) is 2.12. The first-order valence-electron chi connectivity index (χ1n) is 5.96. The predicted octanol–water partition coefficient (Wildman–Crippen LogP) is 3.48. The Balaban J connectivity index is 2.26. The number of benzene rings is 1. The number of thiazole rings is 1. The lowest BCUT2D eigenvalue weighted by atomic mass is 10.1. The highest BCUT2D eigenvalue weighted by molar-refractivity contribution is 7.10. The van der Waals surface area contributed by atoms with Gasteiger partial charge >= 0.3 is 0 Å². The maximum absolute atomic E-state index is 8.88. The Morgan fingerprint density at radius 1 is 1.50 bits per heavy atom. The second-order valence-corrected chi connectivity index (χ2v) is 5.05. The molecule has 0 aliphatic heterocycles. The van der Waals surface area contributed by atoms with E-state index in [1.165, 1.54) is 0 Å². The number of hydrogen-bond acceptors (Lipinski definition) is 4. The number of hydrogen-bond donors (Lipinski definition) is 1. The van der Waals surface area contributed by atoms with E-state index in [-0.39, 0.29) is 6.04 Å². The van der Waals surface area contributed by atoms with Gasteiger partial charge < -0.3 is 5.73 Å². The zero-order valence-corrected chi connectivity index (χ0v) is 11.1. The van der Waals surface area contributed by atoms with Gasteiger partial charge in [0.1, 0.15) is 5.01 Å². The van der Waals surface area contributed by atoms with Crippen LogP contribution in [0.15, 0.2) is 29.6 Å². The van der Waals surface area contributed by atoms with Crippen molar-refractivity contribution < 1.29 is 0 Å². The number of nitrogens with zero attached hydrogens (tertiary/aromatic N) is 2. The molecular weight excluding hydrogens is 242 g/mol. The largest absolute Gasteiger partial charge is 0.322 e. The van der Waals surface area contributed by atoms with E-state index in [1.54, 1.807) is 17.4 Å².